The van der Waals surface area contributed by atoms with Crippen molar-refractivity contribution in [3.05, 3.63) is 70.8 Å². The summed E-state index contributed by atoms with van der Waals surface area (Å²) in [6.45, 7) is -9.13. The fraction of sp³-hybridized carbons (Fsp3) is 0.636. The van der Waals surface area contributed by atoms with Crippen LogP contribution in [0.5, 0.6) is 0 Å². The Morgan fingerprint density at radius 1 is 0.375 bits per heavy atom. The molecule has 0 aliphatic carbocycles. The van der Waals surface area contributed by atoms with Gasteiger partial charge in [-0.25, -0.2) is 0 Å². The van der Waals surface area contributed by atoms with Gasteiger partial charge in [0.15, 0.2) is 0 Å². The molecule has 0 aromatic heterocycles. The lowest BCUT2D eigenvalue weighted by molar-refractivity contribution is -0.400. The predicted molar refractivity (Wildman–Crippen MR) is 157 cm³/mol. The number of aliphatic hydroxyl groups is 1. The molecule has 2 fully saturated rings. The highest BCUT2D eigenvalue weighted by Gasteiger charge is 2.78. The van der Waals surface area contributed by atoms with Crippen LogP contribution in [0.25, 0.3) is 0 Å². The molecule has 2 aliphatic rings. The Balaban J connectivity index is 1.73. The monoisotopic (exact) mass is 988 g/mol. The molecule has 0 spiro atoms. The molecule has 2 saturated heterocycles. The molecule has 2 atom stereocenters. The molecule has 0 bridgehead atoms. The Labute approximate surface area is 340 Å². The van der Waals surface area contributed by atoms with Crippen LogP contribution in [-0.4, -0.2) is 112 Å². The van der Waals surface area contributed by atoms with E-state index < -0.39 is 201 Å². The molecule has 2 aliphatic heterocycles. The largest absolute Gasteiger partial charge is 0.430 e. The van der Waals surface area contributed by atoms with E-state index in [1.807, 2.05) is 0 Å². The van der Waals surface area contributed by atoms with Gasteiger partial charge >= 0.3 is 49.4 Å². The summed E-state index contributed by atoms with van der Waals surface area (Å²) in [5.74, 6) is 0. The van der Waals surface area contributed by atoms with Crippen LogP contribution in [0.4, 0.5) is 105 Å². The van der Waals surface area contributed by atoms with Gasteiger partial charge in [0.05, 0.1) is 39.6 Å². The zero-order chi connectivity index (χ0) is 49.2. The van der Waals surface area contributed by atoms with Crippen LogP contribution in [0.15, 0.2) is 48.5 Å². The fourth-order valence-corrected chi connectivity index (χ4v) is 6.07. The first kappa shape index (κ1) is 53.1. The van der Waals surface area contributed by atoms with Gasteiger partial charge in [-0.15, -0.1) is 0 Å². The summed E-state index contributed by atoms with van der Waals surface area (Å²) in [6.07, 6.45) is -60.1. The van der Waals surface area contributed by atoms with Crippen LogP contribution in [0.3, 0.4) is 0 Å². The van der Waals surface area contributed by atoms with E-state index in [-0.39, 0.29) is 0 Å². The van der Waals surface area contributed by atoms with E-state index in [2.05, 4.69) is 28.4 Å². The molecule has 64 heavy (non-hydrogen) atoms. The molecule has 1 N–H and O–H groups in total. The lowest BCUT2D eigenvalue weighted by Gasteiger charge is -2.40. The maximum absolute atomic E-state index is 14.4. The molecular formula is C33H24F24O7. The van der Waals surface area contributed by atoms with Crippen LogP contribution < -0.4 is 0 Å². The lowest BCUT2D eigenvalue weighted by Crippen LogP contribution is -2.58. The third-order valence-electron chi connectivity index (χ3n) is 9.35. The molecule has 0 radical (unpaired) electrons. The molecule has 2 unspecified atom stereocenters. The van der Waals surface area contributed by atoms with Crippen molar-refractivity contribution in [1.29, 1.82) is 0 Å². The van der Waals surface area contributed by atoms with Crippen molar-refractivity contribution in [1.82, 2.24) is 0 Å². The number of ether oxygens (including phenoxy) is 6. The second kappa shape index (κ2) is 17.0. The summed E-state index contributed by atoms with van der Waals surface area (Å²) >= 11 is 0. The second-order valence-corrected chi connectivity index (χ2v) is 13.7. The van der Waals surface area contributed by atoms with Crippen LogP contribution in [0.2, 0.25) is 0 Å². The van der Waals surface area contributed by atoms with Crippen molar-refractivity contribution in [2.75, 3.05) is 39.6 Å². The molecule has 0 saturated carbocycles. The average molecular weight is 989 g/mol. The molecule has 4 rings (SSSR count). The van der Waals surface area contributed by atoms with Gasteiger partial charge in [-0.3, -0.25) is 0 Å². The van der Waals surface area contributed by atoms with E-state index in [9.17, 15) is 110 Å². The summed E-state index contributed by atoms with van der Waals surface area (Å²) in [6, 6.07) is -4.80. The minimum atomic E-state index is -6.95. The van der Waals surface area contributed by atoms with Gasteiger partial charge in [0.2, 0.25) is 0 Å². The smallest absolute Gasteiger partial charge is 0.388 e. The van der Waals surface area contributed by atoms with Gasteiger partial charge in [-0.2, -0.15) is 105 Å². The van der Waals surface area contributed by atoms with Crippen LogP contribution in [0, 0.1) is 0 Å². The van der Waals surface area contributed by atoms with E-state index in [4.69, 9.17) is 0 Å². The van der Waals surface area contributed by atoms with Crippen molar-refractivity contribution >= 4 is 0 Å². The number of halogens is 24. The third kappa shape index (κ3) is 9.52. The average Bonchev–Trinajstić information content (AvgIpc) is 4.02. The first-order valence-corrected chi connectivity index (χ1v) is 16.9. The standard InChI is InChI=1S/C33H24F24O7/c34-26(35,36)22(27(37,38)39,15-1-5-17(6-2-15)24(30(46,47)48,31(49,50)51)63-13-20-11-59-20)61-9-19(58)10-62-23(28(40,41)42,29(43,44)45)16-3-7-18(8-4-16)25(32(52,53)54,33(55,56)57)64-14-21-12-60-21/h1-8,19-21,58H,9-14H2. The Hall–Kier alpha value is -3.52. The van der Waals surface area contributed by atoms with Crippen molar-refractivity contribution < 1.29 is 139 Å². The SMILES string of the molecule is OC(COC(c1ccc(C(OCC2CO2)(C(F)(F)F)C(F)(F)F)cc1)(C(F)(F)F)C(F)(F)F)COC(c1ccc(C(OCC2CO2)(C(F)(F)F)C(F)(F)F)cc1)(C(F)(F)F)C(F)(F)F. The molecule has 2 aromatic rings. The van der Waals surface area contributed by atoms with E-state index in [0.29, 0.717) is 0 Å². The number of alkyl halides is 24. The second-order valence-electron chi connectivity index (χ2n) is 13.7. The zero-order valence-corrected chi connectivity index (χ0v) is 30.6. The van der Waals surface area contributed by atoms with Crippen molar-refractivity contribution in [2.45, 2.75) is 90.1 Å². The molecule has 0 amide bonds. The number of aliphatic hydroxyl groups excluding tert-OH is 1. The molecule has 2 heterocycles. The molecule has 7 nitrogen and oxygen atoms in total. The number of hydrogen-bond acceptors (Lipinski definition) is 7. The molecule has 366 valence electrons. The highest BCUT2D eigenvalue weighted by Crippen LogP contribution is 2.58. The Kier molecular flexibility index (Phi) is 14.1. The Morgan fingerprint density at radius 3 is 0.703 bits per heavy atom. The Bertz CT molecular complexity index is 1670. The van der Waals surface area contributed by atoms with E-state index in [0.717, 1.165) is 0 Å². The topological polar surface area (TPSA) is 82.2 Å². The van der Waals surface area contributed by atoms with E-state index >= 15 is 0 Å². The number of hydrogen-bond donors (Lipinski definition) is 1. The van der Waals surface area contributed by atoms with Gasteiger partial charge in [-0.1, -0.05) is 48.5 Å². The summed E-state index contributed by atoms with van der Waals surface area (Å²) < 4.78 is 366. The molecule has 31 heteroatoms. The van der Waals surface area contributed by atoms with Crippen molar-refractivity contribution in [2.24, 2.45) is 0 Å². The maximum atomic E-state index is 14.4. The summed E-state index contributed by atoms with van der Waals surface area (Å²) in [4.78, 5) is 0. The van der Waals surface area contributed by atoms with Crippen LogP contribution >= 0.6 is 0 Å². The molecule has 2 aromatic carbocycles. The zero-order valence-electron chi connectivity index (χ0n) is 30.6. The number of rotatable bonds is 16. The van der Waals surface area contributed by atoms with Gasteiger partial charge in [0, 0.05) is 22.3 Å². The van der Waals surface area contributed by atoms with E-state index in [1.165, 1.54) is 0 Å². The van der Waals surface area contributed by atoms with E-state index in [1.54, 1.807) is 0 Å². The van der Waals surface area contributed by atoms with Crippen molar-refractivity contribution in [3.8, 4) is 0 Å². The normalized spacial score (nSPS) is 19.5. The summed E-state index contributed by atoms with van der Waals surface area (Å²) in [5.41, 5.74) is -32.0. The third-order valence-corrected chi connectivity index (χ3v) is 9.35. The van der Waals surface area contributed by atoms with Crippen molar-refractivity contribution in [3.63, 3.8) is 0 Å². The number of benzene rings is 2. The fourth-order valence-electron chi connectivity index (χ4n) is 6.07. The van der Waals surface area contributed by atoms with Gasteiger partial charge in [0.25, 0.3) is 22.4 Å². The van der Waals surface area contributed by atoms with Gasteiger partial charge in [0.1, 0.15) is 18.3 Å². The quantitative estimate of drug-likeness (QED) is 0.133. The minimum absolute atomic E-state index is 0.413. The highest BCUT2D eigenvalue weighted by molar-refractivity contribution is 5.37. The first-order valence-electron chi connectivity index (χ1n) is 16.9. The number of epoxide rings is 2. The maximum Gasteiger partial charge on any atom is 0.430 e. The summed E-state index contributed by atoms with van der Waals surface area (Å²) in [5, 5.41) is 10.1. The predicted octanol–water partition coefficient (Wildman–Crippen LogP) is 9.89. The van der Waals surface area contributed by atoms with Crippen LogP contribution in [-0.2, 0) is 50.8 Å². The molecular weight excluding hydrogens is 964 g/mol. The Morgan fingerprint density at radius 2 is 0.547 bits per heavy atom. The minimum Gasteiger partial charge on any atom is -0.388 e. The van der Waals surface area contributed by atoms with Crippen LogP contribution in [0.1, 0.15) is 22.3 Å². The highest BCUT2D eigenvalue weighted by atomic mass is 19.4. The van der Waals surface area contributed by atoms with Gasteiger partial charge < -0.3 is 33.5 Å². The first-order chi connectivity index (χ1) is 28.7. The lowest BCUT2D eigenvalue weighted by atomic mass is 9.86. The van der Waals surface area contributed by atoms with Gasteiger partial charge in [-0.05, 0) is 0 Å². The summed E-state index contributed by atoms with van der Waals surface area (Å²) in [7, 11) is 0.